The fraction of sp³-hybridized carbons (Fsp3) is 0.400. The molecule has 3 rings (SSSR count). The molecular weight excluding hydrogens is 452 g/mol. The molecule has 0 aliphatic carbocycles. The lowest BCUT2D eigenvalue weighted by atomic mass is 9.87. The molecule has 1 amide bonds. The van der Waals surface area contributed by atoms with Crippen molar-refractivity contribution in [3.8, 4) is 17.2 Å². The number of ether oxygens (including phenoxy) is 3. The SMILES string of the molecule is CCn1c(COc2ccc(C(C)(C)C)cc2)nnc1SCC(=O)Nc1ccc(OC)cc1OC. The number of thioether (sulfide) groups is 1. The fourth-order valence-electron chi connectivity index (χ4n) is 3.27. The lowest BCUT2D eigenvalue weighted by molar-refractivity contribution is -0.113. The molecule has 1 N–H and O–H groups in total. The first-order valence-corrected chi connectivity index (χ1v) is 12.0. The van der Waals surface area contributed by atoms with Crippen LogP contribution in [0.1, 0.15) is 39.1 Å². The number of carbonyl (C=O) groups excluding carboxylic acids is 1. The summed E-state index contributed by atoms with van der Waals surface area (Å²) < 4.78 is 18.4. The second-order valence-corrected chi connectivity index (χ2v) is 9.55. The summed E-state index contributed by atoms with van der Waals surface area (Å²) in [5.74, 6) is 2.69. The molecule has 0 radical (unpaired) electrons. The maximum absolute atomic E-state index is 12.5. The van der Waals surface area contributed by atoms with Crippen LogP contribution in [-0.4, -0.2) is 40.6 Å². The first-order chi connectivity index (χ1) is 16.2. The number of hydrogen-bond donors (Lipinski definition) is 1. The molecule has 34 heavy (non-hydrogen) atoms. The third kappa shape index (κ3) is 6.44. The summed E-state index contributed by atoms with van der Waals surface area (Å²) in [7, 11) is 3.13. The van der Waals surface area contributed by atoms with Gasteiger partial charge in [0.2, 0.25) is 5.91 Å². The van der Waals surface area contributed by atoms with Crippen LogP contribution in [0.5, 0.6) is 17.2 Å². The van der Waals surface area contributed by atoms with Gasteiger partial charge >= 0.3 is 0 Å². The van der Waals surface area contributed by atoms with E-state index < -0.39 is 0 Å². The molecule has 1 heterocycles. The molecular formula is C25H32N4O4S. The minimum Gasteiger partial charge on any atom is -0.497 e. The minimum absolute atomic E-state index is 0.0951. The minimum atomic E-state index is -0.171. The Bertz CT molecular complexity index is 1110. The topological polar surface area (TPSA) is 87.5 Å². The highest BCUT2D eigenvalue weighted by Gasteiger charge is 2.16. The van der Waals surface area contributed by atoms with Gasteiger partial charge in [-0.05, 0) is 42.2 Å². The third-order valence-corrected chi connectivity index (χ3v) is 6.18. The highest BCUT2D eigenvalue weighted by atomic mass is 32.2. The number of nitrogens with zero attached hydrogens (tertiary/aromatic N) is 3. The fourth-order valence-corrected chi connectivity index (χ4v) is 4.09. The van der Waals surface area contributed by atoms with Crippen LogP contribution < -0.4 is 19.5 Å². The number of nitrogens with one attached hydrogen (secondary N) is 1. The summed E-state index contributed by atoms with van der Waals surface area (Å²) in [5.41, 5.74) is 1.93. The Morgan fingerprint density at radius 1 is 1.03 bits per heavy atom. The Balaban J connectivity index is 1.58. The zero-order valence-electron chi connectivity index (χ0n) is 20.5. The van der Waals surface area contributed by atoms with Gasteiger partial charge in [0, 0.05) is 12.6 Å². The molecule has 0 spiro atoms. The summed E-state index contributed by atoms with van der Waals surface area (Å²) in [4.78, 5) is 12.5. The maximum Gasteiger partial charge on any atom is 0.234 e. The van der Waals surface area contributed by atoms with Crippen molar-refractivity contribution >= 4 is 23.4 Å². The predicted molar refractivity (Wildman–Crippen MR) is 134 cm³/mol. The van der Waals surface area contributed by atoms with Gasteiger partial charge in [-0.3, -0.25) is 4.79 Å². The van der Waals surface area contributed by atoms with E-state index in [-0.39, 0.29) is 17.1 Å². The van der Waals surface area contributed by atoms with Gasteiger partial charge in [0.1, 0.15) is 23.9 Å². The predicted octanol–water partition coefficient (Wildman–Crippen LogP) is 4.92. The quantitative estimate of drug-likeness (QED) is 0.409. The van der Waals surface area contributed by atoms with E-state index in [9.17, 15) is 4.79 Å². The van der Waals surface area contributed by atoms with Crippen molar-refractivity contribution in [2.24, 2.45) is 0 Å². The van der Waals surface area contributed by atoms with Crippen molar-refractivity contribution in [2.75, 3.05) is 25.3 Å². The smallest absolute Gasteiger partial charge is 0.234 e. The Morgan fingerprint density at radius 3 is 2.35 bits per heavy atom. The number of anilines is 1. The van der Waals surface area contributed by atoms with E-state index in [1.165, 1.54) is 17.3 Å². The van der Waals surface area contributed by atoms with Crippen LogP contribution in [0, 0.1) is 0 Å². The van der Waals surface area contributed by atoms with E-state index >= 15 is 0 Å². The molecule has 0 fully saturated rings. The van der Waals surface area contributed by atoms with Gasteiger partial charge in [0.05, 0.1) is 25.7 Å². The van der Waals surface area contributed by atoms with Gasteiger partial charge < -0.3 is 24.1 Å². The number of benzene rings is 2. The molecule has 9 heteroatoms. The van der Waals surface area contributed by atoms with Crippen molar-refractivity contribution in [3.05, 3.63) is 53.9 Å². The zero-order chi connectivity index (χ0) is 24.7. The van der Waals surface area contributed by atoms with Gasteiger partial charge in [-0.2, -0.15) is 0 Å². The van der Waals surface area contributed by atoms with E-state index in [0.717, 1.165) is 5.75 Å². The highest BCUT2D eigenvalue weighted by Crippen LogP contribution is 2.29. The average molecular weight is 485 g/mol. The summed E-state index contributed by atoms with van der Waals surface area (Å²) in [6, 6.07) is 13.3. The van der Waals surface area contributed by atoms with E-state index in [1.807, 2.05) is 23.6 Å². The third-order valence-electron chi connectivity index (χ3n) is 5.21. The molecule has 0 saturated carbocycles. The van der Waals surface area contributed by atoms with Gasteiger partial charge in [-0.25, -0.2) is 0 Å². The Labute approximate surface area is 205 Å². The van der Waals surface area contributed by atoms with E-state index in [1.54, 1.807) is 32.4 Å². The number of aromatic nitrogens is 3. The molecule has 0 aliphatic rings. The van der Waals surface area contributed by atoms with Crippen LogP contribution in [0.4, 0.5) is 5.69 Å². The van der Waals surface area contributed by atoms with Crippen LogP contribution in [0.3, 0.4) is 0 Å². The lowest BCUT2D eigenvalue weighted by Crippen LogP contribution is -2.15. The molecule has 182 valence electrons. The van der Waals surface area contributed by atoms with Crippen LogP contribution in [0.25, 0.3) is 0 Å². The van der Waals surface area contributed by atoms with E-state index in [4.69, 9.17) is 14.2 Å². The van der Waals surface area contributed by atoms with Gasteiger partial charge in [-0.15, -0.1) is 10.2 Å². The number of rotatable bonds is 10. The summed E-state index contributed by atoms with van der Waals surface area (Å²) in [6.45, 7) is 9.52. The highest BCUT2D eigenvalue weighted by molar-refractivity contribution is 7.99. The van der Waals surface area contributed by atoms with Crippen molar-refractivity contribution in [3.63, 3.8) is 0 Å². The summed E-state index contributed by atoms with van der Waals surface area (Å²) >= 11 is 1.32. The summed E-state index contributed by atoms with van der Waals surface area (Å²) in [5, 5.41) is 12.1. The van der Waals surface area contributed by atoms with E-state index in [0.29, 0.717) is 41.3 Å². The van der Waals surface area contributed by atoms with Crippen molar-refractivity contribution in [1.82, 2.24) is 14.8 Å². The largest absolute Gasteiger partial charge is 0.497 e. The Kier molecular flexibility index (Phi) is 8.44. The number of hydrogen-bond acceptors (Lipinski definition) is 7. The first kappa shape index (κ1) is 25.4. The molecule has 0 unspecified atom stereocenters. The van der Waals surface area contributed by atoms with Crippen LogP contribution in [0.15, 0.2) is 47.6 Å². The Hall–Kier alpha value is -3.20. The Morgan fingerprint density at radius 2 is 1.74 bits per heavy atom. The van der Waals surface area contributed by atoms with Gasteiger partial charge in [0.25, 0.3) is 0 Å². The average Bonchev–Trinajstić information content (AvgIpc) is 3.23. The van der Waals surface area contributed by atoms with Crippen LogP contribution in [-0.2, 0) is 23.4 Å². The lowest BCUT2D eigenvalue weighted by Gasteiger charge is -2.19. The van der Waals surface area contributed by atoms with Crippen molar-refractivity contribution in [1.29, 1.82) is 0 Å². The molecule has 8 nitrogen and oxygen atoms in total. The van der Waals surface area contributed by atoms with Crippen molar-refractivity contribution < 1.29 is 19.0 Å². The van der Waals surface area contributed by atoms with Crippen molar-refractivity contribution in [2.45, 2.75) is 51.4 Å². The molecule has 0 atom stereocenters. The van der Waals surface area contributed by atoms with Gasteiger partial charge in [0.15, 0.2) is 11.0 Å². The monoisotopic (exact) mass is 484 g/mol. The number of carbonyl (C=O) groups is 1. The molecule has 3 aromatic rings. The van der Waals surface area contributed by atoms with Gasteiger partial charge in [-0.1, -0.05) is 44.7 Å². The molecule has 2 aromatic carbocycles. The standard InChI is InChI=1S/C25H32N4O4S/c1-7-29-22(15-33-18-10-8-17(9-11-18)25(2,3)4)27-28-24(29)34-16-23(30)26-20-13-12-19(31-5)14-21(20)32-6/h8-14H,7,15-16H2,1-6H3,(H,26,30). The molecule has 0 bridgehead atoms. The molecule has 0 saturated heterocycles. The first-order valence-electron chi connectivity index (χ1n) is 11.0. The maximum atomic E-state index is 12.5. The zero-order valence-corrected chi connectivity index (χ0v) is 21.4. The molecule has 0 aliphatic heterocycles. The van der Waals surface area contributed by atoms with E-state index in [2.05, 4.69) is 48.4 Å². The second kappa shape index (κ2) is 11.3. The number of methoxy groups -OCH3 is 2. The molecule has 1 aromatic heterocycles. The number of amides is 1. The second-order valence-electron chi connectivity index (χ2n) is 8.61. The van der Waals surface area contributed by atoms with Crippen LogP contribution in [0.2, 0.25) is 0 Å². The van der Waals surface area contributed by atoms with Crippen LogP contribution >= 0.6 is 11.8 Å². The summed E-state index contributed by atoms with van der Waals surface area (Å²) in [6.07, 6.45) is 0. The normalized spacial score (nSPS) is 11.2.